The minimum Gasteiger partial charge on any atom is -0.391 e. The van der Waals surface area contributed by atoms with Gasteiger partial charge in [0.05, 0.1) is 6.10 Å². The van der Waals surface area contributed by atoms with E-state index in [4.69, 9.17) is 0 Å². The Balaban J connectivity index is 1.53. The maximum Gasteiger partial charge on any atom is 0.250 e. The van der Waals surface area contributed by atoms with Crippen LogP contribution in [0.25, 0.3) is 0 Å². The molecule has 1 fully saturated rings. The zero-order valence-corrected chi connectivity index (χ0v) is 14.6. The van der Waals surface area contributed by atoms with E-state index in [1.165, 1.54) is 0 Å². The molecule has 0 amide bonds. The number of nitrogens with zero attached hydrogens (tertiary/aromatic N) is 4. The van der Waals surface area contributed by atoms with Crippen LogP contribution in [0, 0.1) is 6.92 Å². The fourth-order valence-electron chi connectivity index (χ4n) is 3.12. The second kappa shape index (κ2) is 8.11. The minimum absolute atomic E-state index is 0.0295. The first-order valence-corrected chi connectivity index (χ1v) is 8.80. The number of hydrogen-bond acceptors (Lipinski definition) is 6. The fourth-order valence-corrected chi connectivity index (χ4v) is 3.12. The lowest BCUT2D eigenvalue weighted by molar-refractivity contribution is 0.154. The maximum atomic E-state index is 11.8. The molecule has 7 nitrogen and oxygen atoms in total. The van der Waals surface area contributed by atoms with E-state index in [9.17, 15) is 9.90 Å². The van der Waals surface area contributed by atoms with Crippen LogP contribution < -0.4 is 15.8 Å². The van der Waals surface area contributed by atoms with Crippen molar-refractivity contribution >= 4 is 11.8 Å². The number of aromatic nitrogens is 3. The van der Waals surface area contributed by atoms with E-state index < -0.39 is 0 Å². The quantitative estimate of drug-likeness (QED) is 0.772. The summed E-state index contributed by atoms with van der Waals surface area (Å²) in [4.78, 5) is 22.7. The molecular weight excluding hydrogens is 318 g/mol. The van der Waals surface area contributed by atoms with Crippen LogP contribution >= 0.6 is 0 Å². The zero-order chi connectivity index (χ0) is 17.6. The Labute approximate surface area is 147 Å². The zero-order valence-electron chi connectivity index (χ0n) is 14.6. The Morgan fingerprint density at radius 3 is 3.04 bits per heavy atom. The smallest absolute Gasteiger partial charge is 0.250 e. The number of hydrogen-bond donors (Lipinski definition) is 2. The first-order valence-electron chi connectivity index (χ1n) is 8.80. The number of aryl methyl sites for hydroxylation is 1. The molecule has 3 rings (SSSR count). The summed E-state index contributed by atoms with van der Waals surface area (Å²) in [6, 6.07) is 7.17. The highest BCUT2D eigenvalue weighted by Crippen LogP contribution is 2.18. The highest BCUT2D eigenvalue weighted by Gasteiger charge is 2.19. The second-order valence-corrected chi connectivity index (χ2v) is 6.42. The molecule has 1 aliphatic rings. The van der Waals surface area contributed by atoms with Gasteiger partial charge in [-0.3, -0.25) is 4.79 Å². The van der Waals surface area contributed by atoms with Crippen LogP contribution in [-0.2, 0) is 6.54 Å². The standard InChI is InChI=1S/C18H25N5O2/c1-14-5-2-7-17(25)23(14)12-4-9-19-18-20-10-8-16(21-18)22-11-3-6-15(24)13-22/h2,5,7-8,10,15,24H,3-4,6,9,11-13H2,1H3,(H,19,20,21). The first-order chi connectivity index (χ1) is 12.1. The molecule has 0 spiro atoms. The minimum atomic E-state index is -0.285. The van der Waals surface area contributed by atoms with E-state index in [0.29, 0.717) is 25.6 Å². The maximum absolute atomic E-state index is 11.8. The van der Waals surface area contributed by atoms with Crippen molar-refractivity contribution < 1.29 is 5.11 Å². The van der Waals surface area contributed by atoms with Crippen LogP contribution in [0.2, 0.25) is 0 Å². The molecule has 25 heavy (non-hydrogen) atoms. The molecule has 0 radical (unpaired) electrons. The molecule has 2 N–H and O–H groups in total. The summed E-state index contributed by atoms with van der Waals surface area (Å²) in [5, 5.41) is 13.0. The van der Waals surface area contributed by atoms with Crippen LogP contribution in [0.15, 0.2) is 35.3 Å². The molecule has 3 heterocycles. The summed E-state index contributed by atoms with van der Waals surface area (Å²) in [6.45, 7) is 4.81. The number of β-amino-alcohol motifs (C(OH)–C–C–N with tert-alkyl or cyclic N) is 1. The third-order valence-corrected chi connectivity index (χ3v) is 4.47. The van der Waals surface area contributed by atoms with Crippen molar-refractivity contribution in [2.24, 2.45) is 0 Å². The van der Waals surface area contributed by atoms with Gasteiger partial charge in [-0.25, -0.2) is 4.98 Å². The first kappa shape index (κ1) is 17.4. The highest BCUT2D eigenvalue weighted by molar-refractivity contribution is 5.43. The molecular formula is C18H25N5O2. The molecule has 2 aromatic heterocycles. The number of aliphatic hydroxyl groups excluding tert-OH is 1. The van der Waals surface area contributed by atoms with Crippen LogP contribution in [0.1, 0.15) is 25.0 Å². The normalized spacial score (nSPS) is 17.5. The van der Waals surface area contributed by atoms with Crippen LogP contribution in [0.3, 0.4) is 0 Å². The van der Waals surface area contributed by atoms with Crippen molar-refractivity contribution in [2.75, 3.05) is 29.9 Å². The lowest BCUT2D eigenvalue weighted by Crippen LogP contribution is -2.38. The van der Waals surface area contributed by atoms with Crippen LogP contribution in [0.5, 0.6) is 0 Å². The lowest BCUT2D eigenvalue weighted by atomic mass is 10.1. The predicted molar refractivity (Wildman–Crippen MR) is 98.0 cm³/mol. The summed E-state index contributed by atoms with van der Waals surface area (Å²) < 4.78 is 1.77. The molecule has 0 aliphatic carbocycles. The Bertz CT molecular complexity index is 761. The fraction of sp³-hybridized carbons (Fsp3) is 0.500. The number of piperidine rings is 1. The van der Waals surface area contributed by atoms with E-state index in [1.54, 1.807) is 22.9 Å². The molecule has 1 aliphatic heterocycles. The van der Waals surface area contributed by atoms with Crippen molar-refractivity contribution in [1.82, 2.24) is 14.5 Å². The molecule has 7 heteroatoms. The van der Waals surface area contributed by atoms with Crippen molar-refractivity contribution in [3.63, 3.8) is 0 Å². The number of aliphatic hydroxyl groups is 1. The molecule has 1 saturated heterocycles. The van der Waals surface area contributed by atoms with Crippen molar-refractivity contribution in [3.05, 3.63) is 46.5 Å². The van der Waals surface area contributed by atoms with Gasteiger partial charge in [0.15, 0.2) is 0 Å². The molecule has 2 aromatic rings. The molecule has 0 bridgehead atoms. The molecule has 0 aromatic carbocycles. The van der Waals surface area contributed by atoms with Gasteiger partial charge in [0.2, 0.25) is 5.95 Å². The lowest BCUT2D eigenvalue weighted by Gasteiger charge is -2.31. The van der Waals surface area contributed by atoms with E-state index in [2.05, 4.69) is 20.2 Å². The Kier molecular flexibility index (Phi) is 5.65. The van der Waals surface area contributed by atoms with Crippen molar-refractivity contribution in [1.29, 1.82) is 0 Å². The summed E-state index contributed by atoms with van der Waals surface area (Å²) in [5.74, 6) is 1.42. The Morgan fingerprint density at radius 1 is 1.36 bits per heavy atom. The molecule has 0 saturated carbocycles. The highest BCUT2D eigenvalue weighted by atomic mass is 16.3. The molecule has 1 atom stereocenters. The SMILES string of the molecule is Cc1cccc(=O)n1CCCNc1nccc(N2CCCC(O)C2)n1. The average molecular weight is 343 g/mol. The van der Waals surface area contributed by atoms with Gasteiger partial charge in [-0.05, 0) is 38.3 Å². The van der Waals surface area contributed by atoms with Gasteiger partial charge < -0.3 is 19.9 Å². The van der Waals surface area contributed by atoms with Crippen LogP contribution in [-0.4, -0.2) is 45.4 Å². The summed E-state index contributed by atoms with van der Waals surface area (Å²) >= 11 is 0. The number of pyridine rings is 1. The van der Waals surface area contributed by atoms with E-state index in [0.717, 1.165) is 37.3 Å². The third kappa shape index (κ3) is 4.57. The van der Waals surface area contributed by atoms with Gasteiger partial charge in [0, 0.05) is 44.1 Å². The van der Waals surface area contributed by atoms with Gasteiger partial charge in [-0.1, -0.05) is 6.07 Å². The number of rotatable bonds is 6. The van der Waals surface area contributed by atoms with Crippen molar-refractivity contribution in [2.45, 2.75) is 38.8 Å². The van der Waals surface area contributed by atoms with Crippen LogP contribution in [0.4, 0.5) is 11.8 Å². The number of nitrogens with one attached hydrogen (secondary N) is 1. The summed E-state index contributed by atoms with van der Waals surface area (Å²) in [6.07, 6.45) is 4.08. The largest absolute Gasteiger partial charge is 0.391 e. The van der Waals surface area contributed by atoms with E-state index in [1.807, 2.05) is 19.1 Å². The number of anilines is 2. The summed E-state index contributed by atoms with van der Waals surface area (Å²) in [7, 11) is 0. The average Bonchev–Trinajstić information content (AvgIpc) is 2.61. The molecule has 134 valence electrons. The van der Waals surface area contributed by atoms with Gasteiger partial charge in [-0.2, -0.15) is 4.98 Å². The van der Waals surface area contributed by atoms with Crippen molar-refractivity contribution in [3.8, 4) is 0 Å². The topological polar surface area (TPSA) is 83.3 Å². The third-order valence-electron chi connectivity index (χ3n) is 4.47. The van der Waals surface area contributed by atoms with Gasteiger partial charge in [-0.15, -0.1) is 0 Å². The molecule has 1 unspecified atom stereocenters. The summed E-state index contributed by atoms with van der Waals surface area (Å²) in [5.41, 5.74) is 0.997. The van der Waals surface area contributed by atoms with Gasteiger partial charge in [0.25, 0.3) is 5.56 Å². The van der Waals surface area contributed by atoms with Gasteiger partial charge >= 0.3 is 0 Å². The second-order valence-electron chi connectivity index (χ2n) is 6.42. The Morgan fingerprint density at radius 2 is 2.24 bits per heavy atom. The van der Waals surface area contributed by atoms with E-state index >= 15 is 0 Å². The monoisotopic (exact) mass is 343 g/mol. The predicted octanol–water partition coefficient (Wildman–Crippen LogP) is 1.41. The van der Waals surface area contributed by atoms with Gasteiger partial charge in [0.1, 0.15) is 5.82 Å². The Hall–Kier alpha value is -2.41. The van der Waals surface area contributed by atoms with E-state index in [-0.39, 0.29) is 11.7 Å².